The molecule has 0 aliphatic carbocycles. The van der Waals surface area contributed by atoms with Crippen molar-refractivity contribution < 1.29 is 0 Å². The van der Waals surface area contributed by atoms with Gasteiger partial charge in [-0.2, -0.15) is 0 Å². The van der Waals surface area contributed by atoms with Gasteiger partial charge in [-0.05, 0) is 13.3 Å². The van der Waals surface area contributed by atoms with Crippen LogP contribution in [0.2, 0.25) is 0 Å². The molecule has 0 radical (unpaired) electrons. The van der Waals surface area contributed by atoms with E-state index in [1.165, 1.54) is 12.7 Å². The summed E-state index contributed by atoms with van der Waals surface area (Å²) in [5.74, 6) is 1.75. The van der Waals surface area contributed by atoms with E-state index in [0.717, 1.165) is 30.2 Å². The van der Waals surface area contributed by atoms with Gasteiger partial charge >= 0.3 is 0 Å². The summed E-state index contributed by atoms with van der Waals surface area (Å²) in [6.07, 6.45) is 6.59. The summed E-state index contributed by atoms with van der Waals surface area (Å²) in [5.41, 5.74) is 1.04. The lowest BCUT2D eigenvalue weighted by atomic mass is 10.2. The molecule has 0 saturated heterocycles. The molecule has 14 heavy (non-hydrogen) atoms. The highest BCUT2D eigenvalue weighted by molar-refractivity contribution is 5.01. The molecule has 0 atom stereocenters. The number of H-pyrrole nitrogens is 1. The molecule has 5 heteroatoms. The fraction of sp³-hybridized carbons (Fsp3) is 0.333. The fourth-order valence-corrected chi connectivity index (χ4v) is 1.23. The van der Waals surface area contributed by atoms with Crippen molar-refractivity contribution in [2.75, 3.05) is 0 Å². The Morgan fingerprint density at radius 2 is 2.00 bits per heavy atom. The molecular weight excluding hydrogens is 178 g/mol. The lowest BCUT2D eigenvalue weighted by molar-refractivity contribution is 0.820. The monoisotopic (exact) mass is 189 g/mol. The zero-order valence-electron chi connectivity index (χ0n) is 7.94. The third kappa shape index (κ3) is 2.12. The number of aromatic nitrogens is 5. The number of hydrogen-bond acceptors (Lipinski definition) is 4. The van der Waals surface area contributed by atoms with Crippen LogP contribution in [0.25, 0.3) is 0 Å². The highest BCUT2D eigenvalue weighted by Gasteiger charge is 2.00. The van der Waals surface area contributed by atoms with Gasteiger partial charge in [-0.25, -0.2) is 19.9 Å². The molecule has 0 fully saturated rings. The van der Waals surface area contributed by atoms with Crippen molar-refractivity contribution in [3.05, 3.63) is 36.2 Å². The molecule has 0 amide bonds. The van der Waals surface area contributed by atoms with Crippen molar-refractivity contribution in [1.82, 2.24) is 24.9 Å². The van der Waals surface area contributed by atoms with E-state index < -0.39 is 0 Å². The Labute approximate surface area is 81.7 Å². The quantitative estimate of drug-likeness (QED) is 0.771. The molecule has 0 saturated carbocycles. The van der Waals surface area contributed by atoms with Crippen molar-refractivity contribution in [2.45, 2.75) is 19.8 Å². The Morgan fingerprint density at radius 1 is 1.21 bits per heavy atom. The lowest BCUT2D eigenvalue weighted by Gasteiger charge is -1.95. The van der Waals surface area contributed by atoms with Gasteiger partial charge in [0.25, 0.3) is 0 Å². The predicted molar refractivity (Wildman–Crippen MR) is 50.6 cm³/mol. The third-order valence-corrected chi connectivity index (χ3v) is 1.91. The van der Waals surface area contributed by atoms with Gasteiger partial charge < -0.3 is 4.98 Å². The summed E-state index contributed by atoms with van der Waals surface area (Å²) in [6, 6.07) is 0. The van der Waals surface area contributed by atoms with Crippen molar-refractivity contribution in [1.29, 1.82) is 0 Å². The van der Waals surface area contributed by atoms with Gasteiger partial charge in [-0.1, -0.05) is 0 Å². The van der Waals surface area contributed by atoms with Crippen LogP contribution in [0.3, 0.4) is 0 Å². The van der Waals surface area contributed by atoms with Gasteiger partial charge in [0.05, 0.1) is 5.69 Å². The molecule has 0 unspecified atom stereocenters. The summed E-state index contributed by atoms with van der Waals surface area (Å²) in [5, 5.41) is 0. The molecule has 2 rings (SSSR count). The lowest BCUT2D eigenvalue weighted by Crippen LogP contribution is -1.98. The van der Waals surface area contributed by atoms with E-state index in [1.807, 2.05) is 13.1 Å². The van der Waals surface area contributed by atoms with E-state index >= 15 is 0 Å². The maximum atomic E-state index is 4.30. The van der Waals surface area contributed by atoms with Crippen molar-refractivity contribution >= 4 is 0 Å². The van der Waals surface area contributed by atoms with E-state index in [1.54, 1.807) is 0 Å². The first-order chi connectivity index (χ1) is 6.84. The van der Waals surface area contributed by atoms with E-state index in [-0.39, 0.29) is 0 Å². The minimum atomic E-state index is 0.798. The van der Waals surface area contributed by atoms with Gasteiger partial charge in [0.1, 0.15) is 24.3 Å². The summed E-state index contributed by atoms with van der Waals surface area (Å²) in [6.45, 7) is 1.94. The van der Waals surface area contributed by atoms with Crippen LogP contribution in [0.4, 0.5) is 0 Å². The molecule has 0 spiro atoms. The zero-order valence-corrected chi connectivity index (χ0v) is 7.94. The third-order valence-electron chi connectivity index (χ3n) is 1.91. The minimum absolute atomic E-state index is 0.798. The number of nitrogens with one attached hydrogen (secondary N) is 1. The second kappa shape index (κ2) is 3.95. The van der Waals surface area contributed by atoms with E-state index in [9.17, 15) is 0 Å². The van der Waals surface area contributed by atoms with E-state index in [0.29, 0.717) is 0 Å². The van der Waals surface area contributed by atoms with Crippen LogP contribution >= 0.6 is 0 Å². The SMILES string of the molecule is Cc1nc(CCc2ncncn2)c[nH]1. The summed E-state index contributed by atoms with van der Waals surface area (Å²) in [7, 11) is 0. The fourth-order valence-electron chi connectivity index (χ4n) is 1.23. The Kier molecular flexibility index (Phi) is 2.48. The highest BCUT2D eigenvalue weighted by atomic mass is 15.0. The van der Waals surface area contributed by atoms with Gasteiger partial charge in [0, 0.05) is 12.6 Å². The van der Waals surface area contributed by atoms with Gasteiger partial charge in [-0.3, -0.25) is 0 Å². The molecule has 0 aliphatic heterocycles. The molecule has 0 aliphatic rings. The van der Waals surface area contributed by atoms with Gasteiger partial charge in [0.15, 0.2) is 0 Å². The predicted octanol–water partition coefficient (Wildman–Crippen LogP) is 0.688. The molecule has 0 bridgehead atoms. The second-order valence-corrected chi connectivity index (χ2v) is 3.03. The standard InChI is InChI=1S/C9H11N5/c1-7-11-4-8(14-7)2-3-9-12-5-10-6-13-9/h4-6H,2-3H2,1H3,(H,11,14). The summed E-state index contributed by atoms with van der Waals surface area (Å²) < 4.78 is 0. The van der Waals surface area contributed by atoms with Crippen LogP contribution in [0.15, 0.2) is 18.9 Å². The molecule has 2 aromatic rings. The maximum absolute atomic E-state index is 4.30. The summed E-state index contributed by atoms with van der Waals surface area (Å²) >= 11 is 0. The Hall–Kier alpha value is -1.78. The van der Waals surface area contributed by atoms with Crippen LogP contribution in [-0.2, 0) is 12.8 Å². The van der Waals surface area contributed by atoms with Crippen molar-refractivity contribution in [2.24, 2.45) is 0 Å². The number of imidazole rings is 1. The van der Waals surface area contributed by atoms with Crippen LogP contribution in [0, 0.1) is 6.92 Å². The van der Waals surface area contributed by atoms with Crippen LogP contribution in [0.1, 0.15) is 17.3 Å². The summed E-state index contributed by atoms with van der Waals surface area (Å²) in [4.78, 5) is 19.2. The molecule has 0 aromatic carbocycles. The van der Waals surface area contributed by atoms with Crippen LogP contribution in [0.5, 0.6) is 0 Å². The molecule has 5 nitrogen and oxygen atoms in total. The topological polar surface area (TPSA) is 67.3 Å². The van der Waals surface area contributed by atoms with Crippen LogP contribution in [-0.4, -0.2) is 24.9 Å². The van der Waals surface area contributed by atoms with Gasteiger partial charge in [-0.15, -0.1) is 0 Å². The molecule has 2 heterocycles. The minimum Gasteiger partial charge on any atom is -0.349 e. The van der Waals surface area contributed by atoms with E-state index in [4.69, 9.17) is 0 Å². The largest absolute Gasteiger partial charge is 0.349 e. The second-order valence-electron chi connectivity index (χ2n) is 3.03. The average molecular weight is 189 g/mol. The molecule has 72 valence electrons. The Morgan fingerprint density at radius 3 is 2.64 bits per heavy atom. The molecular formula is C9H11N5. The average Bonchev–Trinajstić information content (AvgIpc) is 2.63. The smallest absolute Gasteiger partial charge is 0.132 e. The van der Waals surface area contributed by atoms with Gasteiger partial charge in [0.2, 0.25) is 0 Å². The molecule has 1 N–H and O–H groups in total. The van der Waals surface area contributed by atoms with Crippen molar-refractivity contribution in [3.63, 3.8) is 0 Å². The number of rotatable bonds is 3. The van der Waals surface area contributed by atoms with E-state index in [2.05, 4.69) is 24.9 Å². The normalized spacial score (nSPS) is 10.4. The first-order valence-electron chi connectivity index (χ1n) is 4.46. The zero-order chi connectivity index (χ0) is 9.80. The number of aryl methyl sites for hydroxylation is 3. The number of aromatic amines is 1. The number of nitrogens with zero attached hydrogens (tertiary/aromatic N) is 4. The first-order valence-corrected chi connectivity index (χ1v) is 4.46. The first kappa shape index (κ1) is 8.80. The number of hydrogen-bond donors (Lipinski definition) is 1. The Bertz CT molecular complexity index is 395. The molecule has 2 aromatic heterocycles. The van der Waals surface area contributed by atoms with Crippen LogP contribution < -0.4 is 0 Å². The highest BCUT2D eigenvalue weighted by Crippen LogP contribution is 2.00. The van der Waals surface area contributed by atoms with Crippen molar-refractivity contribution in [3.8, 4) is 0 Å². The maximum Gasteiger partial charge on any atom is 0.132 e. The Balaban J connectivity index is 1.95.